The highest BCUT2D eigenvalue weighted by Gasteiger charge is 2.10. The van der Waals surface area contributed by atoms with Crippen LogP contribution in [0.25, 0.3) is 0 Å². The standard InChI is InChI=1S/C8H8ClN5S2/c1-2-4-13-8(16-14-4)15-7-5(10)6(9)11-3-12-7/h3H,2,10H2,1H3. The summed E-state index contributed by atoms with van der Waals surface area (Å²) in [5, 5.41) is 0.872. The van der Waals surface area contributed by atoms with Crippen molar-refractivity contribution < 1.29 is 0 Å². The van der Waals surface area contributed by atoms with Gasteiger partial charge in [-0.15, -0.1) is 0 Å². The smallest absolute Gasteiger partial charge is 0.176 e. The molecular formula is C8H8ClN5S2. The molecule has 2 rings (SSSR count). The second kappa shape index (κ2) is 4.94. The second-order valence-electron chi connectivity index (χ2n) is 2.82. The van der Waals surface area contributed by atoms with E-state index in [-0.39, 0.29) is 5.15 Å². The van der Waals surface area contributed by atoms with E-state index in [1.54, 1.807) is 0 Å². The molecule has 0 aromatic carbocycles. The molecule has 84 valence electrons. The molecule has 0 spiro atoms. The maximum atomic E-state index is 5.79. The second-order valence-corrected chi connectivity index (χ2v) is 5.16. The number of halogens is 1. The van der Waals surface area contributed by atoms with Gasteiger partial charge in [-0.2, -0.15) is 4.37 Å². The summed E-state index contributed by atoms with van der Waals surface area (Å²) in [6.07, 6.45) is 2.19. The number of hydrogen-bond donors (Lipinski definition) is 1. The number of aryl methyl sites for hydroxylation is 1. The van der Waals surface area contributed by atoms with Gasteiger partial charge in [-0.25, -0.2) is 15.0 Å². The van der Waals surface area contributed by atoms with Crippen LogP contribution >= 0.6 is 34.9 Å². The fourth-order valence-corrected chi connectivity index (χ4v) is 2.76. The third-order valence-electron chi connectivity index (χ3n) is 1.75. The van der Waals surface area contributed by atoms with E-state index >= 15 is 0 Å². The lowest BCUT2D eigenvalue weighted by Gasteiger charge is -2.01. The molecule has 0 saturated carbocycles. The summed E-state index contributed by atoms with van der Waals surface area (Å²) in [5.74, 6) is 0.825. The molecule has 8 heteroatoms. The number of nitrogens with zero attached hydrogens (tertiary/aromatic N) is 4. The van der Waals surface area contributed by atoms with Crippen LogP contribution in [0.4, 0.5) is 5.69 Å². The van der Waals surface area contributed by atoms with Crippen molar-refractivity contribution in [3.63, 3.8) is 0 Å². The van der Waals surface area contributed by atoms with Crippen molar-refractivity contribution in [3.05, 3.63) is 17.3 Å². The normalized spacial score (nSPS) is 10.6. The van der Waals surface area contributed by atoms with Crippen molar-refractivity contribution in [1.82, 2.24) is 19.3 Å². The Labute approximate surface area is 106 Å². The summed E-state index contributed by atoms with van der Waals surface area (Å²) in [7, 11) is 0. The van der Waals surface area contributed by atoms with Crippen molar-refractivity contribution >= 4 is 40.6 Å². The fraction of sp³-hybridized carbons (Fsp3) is 0.250. The molecule has 5 nitrogen and oxygen atoms in total. The zero-order valence-corrected chi connectivity index (χ0v) is 10.7. The van der Waals surface area contributed by atoms with Gasteiger partial charge in [-0.1, -0.05) is 18.5 Å². The molecule has 0 amide bonds. The third-order valence-corrected chi connectivity index (χ3v) is 3.86. The number of hydrogen-bond acceptors (Lipinski definition) is 7. The van der Waals surface area contributed by atoms with Gasteiger partial charge < -0.3 is 5.73 Å². The zero-order chi connectivity index (χ0) is 11.5. The first-order valence-electron chi connectivity index (χ1n) is 4.47. The summed E-state index contributed by atoms with van der Waals surface area (Å²) in [5.41, 5.74) is 6.13. The average molecular weight is 274 g/mol. The van der Waals surface area contributed by atoms with Crippen molar-refractivity contribution in [1.29, 1.82) is 0 Å². The van der Waals surface area contributed by atoms with Gasteiger partial charge in [0.15, 0.2) is 9.49 Å². The van der Waals surface area contributed by atoms with Gasteiger partial charge in [0.25, 0.3) is 0 Å². The summed E-state index contributed by atoms with van der Waals surface area (Å²) in [6, 6.07) is 0. The van der Waals surface area contributed by atoms with E-state index in [1.807, 2.05) is 6.92 Å². The molecule has 0 aliphatic rings. The van der Waals surface area contributed by atoms with Gasteiger partial charge in [0.2, 0.25) is 0 Å². The Morgan fingerprint density at radius 3 is 3.00 bits per heavy atom. The van der Waals surface area contributed by atoms with E-state index in [1.165, 1.54) is 29.6 Å². The maximum absolute atomic E-state index is 5.79. The van der Waals surface area contributed by atoms with Crippen molar-refractivity contribution in [3.8, 4) is 0 Å². The van der Waals surface area contributed by atoms with Crippen LogP contribution in [0.5, 0.6) is 0 Å². The lowest BCUT2D eigenvalue weighted by atomic mass is 10.5. The Hall–Kier alpha value is -0.920. The Balaban J connectivity index is 2.23. The number of aromatic nitrogens is 4. The van der Waals surface area contributed by atoms with E-state index in [0.29, 0.717) is 10.7 Å². The fourth-order valence-electron chi connectivity index (χ4n) is 0.946. The van der Waals surface area contributed by atoms with Crippen molar-refractivity contribution in [2.75, 3.05) is 5.73 Å². The molecule has 16 heavy (non-hydrogen) atoms. The van der Waals surface area contributed by atoms with Crippen LogP contribution in [0.1, 0.15) is 12.7 Å². The van der Waals surface area contributed by atoms with Crippen LogP contribution in [-0.4, -0.2) is 19.3 Å². The molecule has 0 aliphatic carbocycles. The quantitative estimate of drug-likeness (QED) is 0.865. The summed E-state index contributed by atoms with van der Waals surface area (Å²) >= 11 is 8.47. The number of rotatable bonds is 3. The average Bonchev–Trinajstić information content (AvgIpc) is 2.73. The van der Waals surface area contributed by atoms with Gasteiger partial charge in [0, 0.05) is 6.42 Å². The van der Waals surface area contributed by atoms with Gasteiger partial charge >= 0.3 is 0 Å². The first-order chi connectivity index (χ1) is 7.70. The van der Waals surface area contributed by atoms with E-state index in [2.05, 4.69) is 19.3 Å². The predicted molar refractivity (Wildman–Crippen MR) is 64.9 cm³/mol. The van der Waals surface area contributed by atoms with E-state index in [4.69, 9.17) is 17.3 Å². The predicted octanol–water partition coefficient (Wildman–Crippen LogP) is 2.28. The largest absolute Gasteiger partial charge is 0.394 e. The van der Waals surface area contributed by atoms with E-state index in [0.717, 1.165) is 16.6 Å². The lowest BCUT2D eigenvalue weighted by molar-refractivity contribution is 0.969. The minimum absolute atomic E-state index is 0.262. The van der Waals surface area contributed by atoms with E-state index < -0.39 is 0 Å². The van der Waals surface area contributed by atoms with Crippen molar-refractivity contribution in [2.45, 2.75) is 22.7 Å². The van der Waals surface area contributed by atoms with Crippen LogP contribution < -0.4 is 5.73 Å². The summed E-state index contributed by atoms with van der Waals surface area (Å²) < 4.78 is 4.98. The molecule has 2 aromatic rings. The summed E-state index contributed by atoms with van der Waals surface area (Å²) in [6.45, 7) is 2.01. The lowest BCUT2D eigenvalue weighted by Crippen LogP contribution is -1.94. The minimum Gasteiger partial charge on any atom is -0.394 e. The molecule has 0 fully saturated rings. The topological polar surface area (TPSA) is 77.6 Å². The molecule has 0 unspecified atom stereocenters. The number of nitrogens with two attached hydrogens (primary N) is 1. The molecule has 2 N–H and O–H groups in total. The van der Waals surface area contributed by atoms with Crippen LogP contribution in [0.3, 0.4) is 0 Å². The molecule has 0 atom stereocenters. The molecular weight excluding hydrogens is 266 g/mol. The molecule has 0 radical (unpaired) electrons. The first-order valence-corrected chi connectivity index (χ1v) is 6.44. The van der Waals surface area contributed by atoms with Gasteiger partial charge in [-0.05, 0) is 23.3 Å². The highest BCUT2D eigenvalue weighted by atomic mass is 35.5. The molecule has 0 saturated heterocycles. The van der Waals surface area contributed by atoms with Crippen LogP contribution in [-0.2, 0) is 6.42 Å². The Morgan fingerprint density at radius 1 is 1.50 bits per heavy atom. The summed E-state index contributed by atoms with van der Waals surface area (Å²) in [4.78, 5) is 12.1. The van der Waals surface area contributed by atoms with Crippen molar-refractivity contribution in [2.24, 2.45) is 0 Å². The SMILES string of the molecule is CCc1nsc(Sc2ncnc(Cl)c2N)n1. The highest BCUT2D eigenvalue weighted by Crippen LogP contribution is 2.33. The van der Waals surface area contributed by atoms with E-state index in [9.17, 15) is 0 Å². The molecule has 0 bridgehead atoms. The number of anilines is 1. The third kappa shape index (κ3) is 2.42. The molecule has 2 heterocycles. The zero-order valence-electron chi connectivity index (χ0n) is 8.35. The Morgan fingerprint density at radius 2 is 2.31 bits per heavy atom. The van der Waals surface area contributed by atoms with Crippen LogP contribution in [0.2, 0.25) is 5.15 Å². The van der Waals surface area contributed by atoms with Crippen LogP contribution in [0.15, 0.2) is 15.7 Å². The maximum Gasteiger partial charge on any atom is 0.176 e. The monoisotopic (exact) mass is 273 g/mol. The van der Waals surface area contributed by atoms with Gasteiger partial charge in [0.1, 0.15) is 22.9 Å². The first kappa shape index (κ1) is 11.6. The van der Waals surface area contributed by atoms with Gasteiger partial charge in [-0.3, -0.25) is 0 Å². The molecule has 2 aromatic heterocycles. The Kier molecular flexibility index (Phi) is 3.57. The number of nitrogen functional groups attached to an aromatic ring is 1. The Bertz CT molecular complexity index is 501. The minimum atomic E-state index is 0.262. The van der Waals surface area contributed by atoms with Gasteiger partial charge in [0.05, 0.1) is 0 Å². The highest BCUT2D eigenvalue weighted by molar-refractivity contribution is 8.01. The van der Waals surface area contributed by atoms with Crippen LogP contribution in [0, 0.1) is 0 Å². The molecule has 0 aliphatic heterocycles.